The van der Waals surface area contributed by atoms with Gasteiger partial charge < -0.3 is 9.15 Å². The molecule has 0 N–H and O–H groups in total. The van der Waals surface area contributed by atoms with Crippen LogP contribution in [0.2, 0.25) is 0 Å². The minimum atomic E-state index is -1.04. The first-order chi connectivity index (χ1) is 12.1. The zero-order valence-corrected chi connectivity index (χ0v) is 14.1. The number of hydrogen-bond donors (Lipinski definition) is 0. The number of carbonyl (C=O) groups excluding carboxylic acids is 1. The van der Waals surface area contributed by atoms with Gasteiger partial charge in [0.05, 0.1) is 12.2 Å². The molecule has 2 aromatic carbocycles. The van der Waals surface area contributed by atoms with Crippen molar-refractivity contribution in [2.45, 2.75) is 32.3 Å². The smallest absolute Gasteiger partial charge is 0.220 e. The molecule has 0 spiro atoms. The Balaban J connectivity index is 1.85. The molecule has 3 aromatic rings. The Morgan fingerprint density at radius 1 is 1.20 bits per heavy atom. The molecule has 5 heteroatoms. The Bertz CT molecular complexity index is 904. The van der Waals surface area contributed by atoms with E-state index in [0.717, 1.165) is 5.56 Å². The van der Waals surface area contributed by atoms with Crippen LogP contribution in [-0.2, 0) is 11.2 Å². The SMILES string of the molecule is CC(C)Oc1ccccc1CC(=O)[C@H](C#N)c1nc2ccccc2o1. The zero-order valence-electron chi connectivity index (χ0n) is 14.1. The predicted molar refractivity (Wildman–Crippen MR) is 93.3 cm³/mol. The van der Waals surface area contributed by atoms with Crippen molar-refractivity contribution in [3.63, 3.8) is 0 Å². The number of fused-ring (bicyclic) bond motifs is 1. The van der Waals surface area contributed by atoms with E-state index in [1.54, 1.807) is 12.1 Å². The maximum atomic E-state index is 12.7. The third kappa shape index (κ3) is 3.69. The Labute approximate surface area is 145 Å². The van der Waals surface area contributed by atoms with E-state index >= 15 is 0 Å². The lowest BCUT2D eigenvalue weighted by atomic mass is 9.98. The normalized spacial score (nSPS) is 12.1. The molecule has 0 bridgehead atoms. The summed E-state index contributed by atoms with van der Waals surface area (Å²) in [6.45, 7) is 3.85. The first-order valence-electron chi connectivity index (χ1n) is 8.11. The van der Waals surface area contributed by atoms with Gasteiger partial charge in [0.1, 0.15) is 11.3 Å². The number of ether oxygens (including phenoxy) is 1. The first kappa shape index (κ1) is 16.7. The second-order valence-corrected chi connectivity index (χ2v) is 6.00. The molecule has 3 rings (SSSR count). The topological polar surface area (TPSA) is 76.1 Å². The predicted octanol–water partition coefficient (Wildman–Crippen LogP) is 4.03. The molecule has 5 nitrogen and oxygen atoms in total. The van der Waals surface area contributed by atoms with Crippen LogP contribution in [0.15, 0.2) is 52.9 Å². The zero-order chi connectivity index (χ0) is 17.8. The molecule has 25 heavy (non-hydrogen) atoms. The number of benzene rings is 2. The highest BCUT2D eigenvalue weighted by Gasteiger charge is 2.26. The average molecular weight is 334 g/mol. The molecule has 0 saturated carbocycles. The summed E-state index contributed by atoms with van der Waals surface area (Å²) in [5.74, 6) is -0.524. The molecule has 1 aromatic heterocycles. The van der Waals surface area contributed by atoms with Crippen LogP contribution >= 0.6 is 0 Å². The van der Waals surface area contributed by atoms with Gasteiger partial charge >= 0.3 is 0 Å². The number of rotatable bonds is 6. The molecule has 1 atom stereocenters. The van der Waals surface area contributed by atoms with E-state index in [1.165, 1.54) is 0 Å². The van der Waals surface area contributed by atoms with Gasteiger partial charge in [-0.1, -0.05) is 30.3 Å². The lowest BCUT2D eigenvalue weighted by molar-refractivity contribution is -0.119. The summed E-state index contributed by atoms with van der Waals surface area (Å²) in [6, 6.07) is 16.6. The van der Waals surface area contributed by atoms with Crippen LogP contribution in [0.4, 0.5) is 0 Å². The highest BCUT2D eigenvalue weighted by Crippen LogP contribution is 2.26. The summed E-state index contributed by atoms with van der Waals surface area (Å²) in [4.78, 5) is 17.0. The van der Waals surface area contributed by atoms with Crippen LogP contribution in [0.3, 0.4) is 0 Å². The number of aromatic nitrogens is 1. The summed E-state index contributed by atoms with van der Waals surface area (Å²) < 4.78 is 11.3. The van der Waals surface area contributed by atoms with Crippen molar-refractivity contribution >= 4 is 16.9 Å². The maximum absolute atomic E-state index is 12.7. The number of carbonyl (C=O) groups is 1. The van der Waals surface area contributed by atoms with Gasteiger partial charge in [-0.3, -0.25) is 4.79 Å². The molecule has 0 amide bonds. The van der Waals surface area contributed by atoms with Crippen LogP contribution in [0, 0.1) is 11.3 Å². The number of nitriles is 1. The van der Waals surface area contributed by atoms with Gasteiger partial charge in [0, 0.05) is 12.0 Å². The van der Waals surface area contributed by atoms with Crippen LogP contribution < -0.4 is 4.74 Å². The fraction of sp³-hybridized carbons (Fsp3) is 0.250. The average Bonchev–Trinajstić information content (AvgIpc) is 3.00. The van der Waals surface area contributed by atoms with Gasteiger partial charge in [-0.25, -0.2) is 4.98 Å². The van der Waals surface area contributed by atoms with Gasteiger partial charge in [-0.15, -0.1) is 0 Å². The molecular weight excluding hydrogens is 316 g/mol. The number of hydrogen-bond acceptors (Lipinski definition) is 5. The first-order valence-corrected chi connectivity index (χ1v) is 8.11. The van der Waals surface area contributed by atoms with Crippen molar-refractivity contribution in [3.8, 4) is 11.8 Å². The summed E-state index contributed by atoms with van der Waals surface area (Å²) in [5, 5.41) is 9.47. The number of Topliss-reactive ketones (excluding diaryl/α,β-unsaturated/α-hetero) is 1. The van der Waals surface area contributed by atoms with E-state index in [9.17, 15) is 10.1 Å². The van der Waals surface area contributed by atoms with Crippen molar-refractivity contribution < 1.29 is 13.9 Å². The largest absolute Gasteiger partial charge is 0.491 e. The molecule has 0 saturated heterocycles. The van der Waals surface area contributed by atoms with E-state index < -0.39 is 5.92 Å². The third-order valence-electron chi connectivity index (χ3n) is 3.71. The van der Waals surface area contributed by atoms with Gasteiger partial charge in [-0.05, 0) is 32.0 Å². The summed E-state index contributed by atoms with van der Waals surface area (Å²) in [6.07, 6.45) is 0.0832. The third-order valence-corrected chi connectivity index (χ3v) is 3.71. The number of para-hydroxylation sites is 3. The van der Waals surface area contributed by atoms with Gasteiger partial charge in [0.25, 0.3) is 0 Å². The Hall–Kier alpha value is -3.13. The molecule has 0 radical (unpaired) electrons. The number of ketones is 1. The van der Waals surface area contributed by atoms with Gasteiger partial charge in [0.2, 0.25) is 5.89 Å². The van der Waals surface area contributed by atoms with Crippen LogP contribution in [0.1, 0.15) is 31.2 Å². The highest BCUT2D eigenvalue weighted by molar-refractivity contribution is 5.90. The summed E-state index contributed by atoms with van der Waals surface area (Å²) in [5.41, 5.74) is 1.95. The van der Waals surface area contributed by atoms with E-state index in [1.807, 2.05) is 56.3 Å². The fourth-order valence-electron chi connectivity index (χ4n) is 2.59. The quantitative estimate of drug-likeness (QED) is 0.680. The fourth-order valence-corrected chi connectivity index (χ4v) is 2.59. The van der Waals surface area contributed by atoms with E-state index in [4.69, 9.17) is 9.15 Å². The van der Waals surface area contributed by atoms with Crippen LogP contribution in [0.25, 0.3) is 11.1 Å². The number of oxazole rings is 1. The molecule has 0 aliphatic carbocycles. The minimum absolute atomic E-state index is 0.0000513. The lowest BCUT2D eigenvalue weighted by Gasteiger charge is -2.14. The minimum Gasteiger partial charge on any atom is -0.491 e. The molecule has 0 aliphatic rings. The summed E-state index contributed by atoms with van der Waals surface area (Å²) >= 11 is 0. The van der Waals surface area contributed by atoms with Crippen molar-refractivity contribution in [2.24, 2.45) is 0 Å². The standard InChI is InChI=1S/C20H18N2O3/c1-13(2)24-18-9-5-3-7-14(18)11-17(23)15(12-21)20-22-16-8-4-6-10-19(16)25-20/h3-10,13,15H,11H2,1-2H3/t15-/m0/s1. The second kappa shape index (κ2) is 7.18. The van der Waals surface area contributed by atoms with Crippen LogP contribution in [-0.4, -0.2) is 16.9 Å². The Morgan fingerprint density at radius 2 is 1.92 bits per heavy atom. The van der Waals surface area contributed by atoms with Crippen LogP contribution in [0.5, 0.6) is 5.75 Å². The molecule has 126 valence electrons. The second-order valence-electron chi connectivity index (χ2n) is 6.00. The van der Waals surface area contributed by atoms with Gasteiger partial charge in [0.15, 0.2) is 17.3 Å². The molecule has 1 heterocycles. The highest BCUT2D eigenvalue weighted by atomic mass is 16.5. The van der Waals surface area contributed by atoms with E-state index in [0.29, 0.717) is 16.8 Å². The molecule has 0 fully saturated rings. The van der Waals surface area contributed by atoms with Crippen molar-refractivity contribution in [2.75, 3.05) is 0 Å². The Morgan fingerprint density at radius 3 is 2.64 bits per heavy atom. The molecular formula is C20H18N2O3. The van der Waals surface area contributed by atoms with Crippen molar-refractivity contribution in [3.05, 3.63) is 60.0 Å². The van der Waals surface area contributed by atoms with Gasteiger partial charge in [-0.2, -0.15) is 5.26 Å². The summed E-state index contributed by atoms with van der Waals surface area (Å²) in [7, 11) is 0. The van der Waals surface area contributed by atoms with E-state index in [2.05, 4.69) is 4.98 Å². The maximum Gasteiger partial charge on any atom is 0.220 e. The van der Waals surface area contributed by atoms with Crippen molar-refractivity contribution in [1.29, 1.82) is 5.26 Å². The van der Waals surface area contributed by atoms with E-state index in [-0.39, 0.29) is 24.2 Å². The van der Waals surface area contributed by atoms with Crippen molar-refractivity contribution in [1.82, 2.24) is 4.98 Å². The molecule has 0 aliphatic heterocycles. The lowest BCUT2D eigenvalue weighted by Crippen LogP contribution is -2.15. The number of nitrogens with zero attached hydrogens (tertiary/aromatic N) is 2. The Kier molecular flexibility index (Phi) is 4.80. The monoisotopic (exact) mass is 334 g/mol. The molecule has 0 unspecified atom stereocenters.